The van der Waals surface area contributed by atoms with Crippen molar-refractivity contribution in [1.29, 1.82) is 0 Å². The number of fused-ring (bicyclic) bond motifs is 1. The van der Waals surface area contributed by atoms with Crippen LogP contribution in [0.5, 0.6) is 0 Å². The summed E-state index contributed by atoms with van der Waals surface area (Å²) in [4.78, 5) is 5.97. The van der Waals surface area contributed by atoms with E-state index in [0.717, 1.165) is 41.3 Å². The number of hydrogen-bond acceptors (Lipinski definition) is 7. The van der Waals surface area contributed by atoms with Crippen molar-refractivity contribution < 1.29 is 17.9 Å². The minimum Gasteiger partial charge on any atom is -0.399 e. The van der Waals surface area contributed by atoms with E-state index in [1.165, 1.54) is 6.07 Å². The van der Waals surface area contributed by atoms with Crippen LogP contribution in [0.25, 0.3) is 10.8 Å². The molecule has 3 N–H and O–H groups in total. The standard InChI is InChI=1S/C21H23F3N6O/c1-12-16-4-3-15(30-5-7-31-8-6-30)11-17(16)20(29-28-12)26-13(2)18-9-14(25)10-19(27-18)21(22,23)24/h3-4,9-11,13H,5-8H2,1-2H3,(H2,25,27)(H,26,29)/t13-/m1/s1. The summed E-state index contributed by atoms with van der Waals surface area (Å²) < 4.78 is 44.8. The van der Waals surface area contributed by atoms with E-state index in [9.17, 15) is 13.2 Å². The minimum absolute atomic E-state index is 0.000395. The number of aromatic nitrogens is 3. The molecule has 0 amide bonds. The van der Waals surface area contributed by atoms with Crippen LogP contribution in [0.2, 0.25) is 0 Å². The lowest BCUT2D eigenvalue weighted by atomic mass is 10.1. The molecule has 0 saturated carbocycles. The summed E-state index contributed by atoms with van der Waals surface area (Å²) in [6.07, 6.45) is -4.58. The minimum atomic E-state index is -4.58. The van der Waals surface area contributed by atoms with Gasteiger partial charge in [-0.2, -0.15) is 18.3 Å². The van der Waals surface area contributed by atoms with E-state index in [4.69, 9.17) is 10.5 Å². The Bertz CT molecular complexity index is 1100. The molecule has 3 aromatic rings. The van der Waals surface area contributed by atoms with Gasteiger partial charge < -0.3 is 20.7 Å². The Labute approximate surface area is 177 Å². The van der Waals surface area contributed by atoms with Gasteiger partial charge in [-0.25, -0.2) is 4.98 Å². The number of pyridine rings is 1. The number of rotatable bonds is 4. The molecule has 164 valence electrons. The van der Waals surface area contributed by atoms with Gasteiger partial charge >= 0.3 is 6.18 Å². The number of hydrogen-bond donors (Lipinski definition) is 2. The van der Waals surface area contributed by atoms with Crippen molar-refractivity contribution in [2.75, 3.05) is 42.3 Å². The van der Waals surface area contributed by atoms with Crippen LogP contribution in [0.4, 0.5) is 30.4 Å². The van der Waals surface area contributed by atoms with Crippen molar-refractivity contribution in [3.05, 3.63) is 47.4 Å². The van der Waals surface area contributed by atoms with Gasteiger partial charge in [-0.15, -0.1) is 5.10 Å². The average molecular weight is 432 g/mol. The maximum Gasteiger partial charge on any atom is 0.433 e. The smallest absolute Gasteiger partial charge is 0.399 e. The van der Waals surface area contributed by atoms with Crippen molar-refractivity contribution >= 4 is 28.0 Å². The Morgan fingerprint density at radius 1 is 1.10 bits per heavy atom. The molecule has 0 spiro atoms. The normalized spacial score (nSPS) is 15.8. The number of nitrogens with one attached hydrogen (secondary N) is 1. The highest BCUT2D eigenvalue weighted by Gasteiger charge is 2.33. The van der Waals surface area contributed by atoms with Gasteiger partial charge in [-0.1, -0.05) is 6.07 Å². The van der Waals surface area contributed by atoms with Gasteiger partial charge in [0.25, 0.3) is 0 Å². The number of nitrogens with two attached hydrogens (primary N) is 1. The highest BCUT2D eigenvalue weighted by Crippen LogP contribution is 2.33. The van der Waals surface area contributed by atoms with Crippen molar-refractivity contribution in [2.24, 2.45) is 0 Å². The average Bonchev–Trinajstić information content (AvgIpc) is 2.75. The fourth-order valence-corrected chi connectivity index (χ4v) is 3.62. The molecule has 1 aliphatic heterocycles. The molecule has 0 bridgehead atoms. The quantitative estimate of drug-likeness (QED) is 0.645. The lowest BCUT2D eigenvalue weighted by Crippen LogP contribution is -2.36. The first-order valence-electron chi connectivity index (χ1n) is 9.93. The Hall–Kier alpha value is -3.14. The van der Waals surface area contributed by atoms with Crippen LogP contribution >= 0.6 is 0 Å². The van der Waals surface area contributed by atoms with E-state index in [1.54, 1.807) is 6.92 Å². The number of nitrogen functional groups attached to an aromatic ring is 1. The number of morpholine rings is 1. The third-order valence-electron chi connectivity index (χ3n) is 5.28. The molecule has 7 nitrogen and oxygen atoms in total. The van der Waals surface area contributed by atoms with Gasteiger partial charge in [0.15, 0.2) is 5.82 Å². The second-order valence-electron chi connectivity index (χ2n) is 7.54. The highest BCUT2D eigenvalue weighted by molar-refractivity contribution is 5.95. The summed E-state index contributed by atoms with van der Waals surface area (Å²) in [5.41, 5.74) is 6.63. The number of benzene rings is 1. The molecule has 0 aliphatic carbocycles. The van der Waals surface area contributed by atoms with Crippen molar-refractivity contribution in [3.63, 3.8) is 0 Å². The molecule has 10 heteroatoms. The van der Waals surface area contributed by atoms with Gasteiger partial charge in [0.05, 0.1) is 30.6 Å². The third-order valence-corrected chi connectivity index (χ3v) is 5.28. The van der Waals surface area contributed by atoms with E-state index in [2.05, 4.69) is 25.4 Å². The molecular weight excluding hydrogens is 409 g/mol. The van der Waals surface area contributed by atoms with Crippen molar-refractivity contribution in [3.8, 4) is 0 Å². The maximum absolute atomic E-state index is 13.1. The number of aryl methyl sites for hydroxylation is 1. The number of alkyl halides is 3. The number of nitrogens with zero attached hydrogens (tertiary/aromatic N) is 4. The Morgan fingerprint density at radius 3 is 2.55 bits per heavy atom. The topological polar surface area (TPSA) is 89.2 Å². The Balaban J connectivity index is 1.69. The predicted octanol–water partition coefficient (Wildman–Crippen LogP) is 3.94. The molecule has 3 heterocycles. The molecule has 4 rings (SSSR count). The van der Waals surface area contributed by atoms with Gasteiger partial charge in [-0.3, -0.25) is 0 Å². The lowest BCUT2D eigenvalue weighted by molar-refractivity contribution is -0.141. The highest BCUT2D eigenvalue weighted by atomic mass is 19.4. The van der Waals surface area contributed by atoms with E-state index >= 15 is 0 Å². The van der Waals surface area contributed by atoms with Crippen LogP contribution < -0.4 is 16.0 Å². The molecule has 31 heavy (non-hydrogen) atoms. The fraction of sp³-hybridized carbons (Fsp3) is 0.381. The monoisotopic (exact) mass is 432 g/mol. The largest absolute Gasteiger partial charge is 0.433 e. The van der Waals surface area contributed by atoms with Crippen LogP contribution in [0.3, 0.4) is 0 Å². The number of ether oxygens (including phenoxy) is 1. The van der Waals surface area contributed by atoms with Crippen LogP contribution in [-0.2, 0) is 10.9 Å². The summed E-state index contributed by atoms with van der Waals surface area (Å²) >= 11 is 0. The summed E-state index contributed by atoms with van der Waals surface area (Å²) in [6, 6.07) is 7.72. The molecule has 0 radical (unpaired) electrons. The number of anilines is 3. The SMILES string of the molecule is Cc1nnc(N[C@H](C)c2cc(N)cc(C(F)(F)F)n2)c2cc(N3CCOCC3)ccc12. The summed E-state index contributed by atoms with van der Waals surface area (Å²) in [6.45, 7) is 6.48. The molecule has 1 aliphatic rings. The van der Waals surface area contributed by atoms with E-state index in [1.807, 2.05) is 25.1 Å². The first-order chi connectivity index (χ1) is 14.7. The van der Waals surface area contributed by atoms with Crippen molar-refractivity contribution in [1.82, 2.24) is 15.2 Å². The van der Waals surface area contributed by atoms with Gasteiger partial charge in [0.2, 0.25) is 0 Å². The maximum atomic E-state index is 13.1. The second kappa shape index (κ2) is 8.18. The van der Waals surface area contributed by atoms with Gasteiger partial charge in [-0.05, 0) is 38.1 Å². The van der Waals surface area contributed by atoms with Gasteiger partial charge in [0, 0.05) is 35.2 Å². The lowest BCUT2D eigenvalue weighted by Gasteiger charge is -2.29. The zero-order chi connectivity index (χ0) is 22.2. The van der Waals surface area contributed by atoms with E-state index in [0.29, 0.717) is 19.0 Å². The van der Waals surface area contributed by atoms with E-state index < -0.39 is 17.9 Å². The van der Waals surface area contributed by atoms with Crippen LogP contribution in [0.15, 0.2) is 30.3 Å². The molecular formula is C21H23F3N6O. The predicted molar refractivity (Wildman–Crippen MR) is 113 cm³/mol. The summed E-state index contributed by atoms with van der Waals surface area (Å²) in [7, 11) is 0. The Morgan fingerprint density at radius 2 is 1.84 bits per heavy atom. The van der Waals surface area contributed by atoms with E-state index in [-0.39, 0.29) is 11.4 Å². The van der Waals surface area contributed by atoms with Crippen molar-refractivity contribution in [2.45, 2.75) is 26.1 Å². The number of halogens is 3. The molecule has 0 unspecified atom stereocenters. The molecule has 1 aromatic carbocycles. The summed E-state index contributed by atoms with van der Waals surface area (Å²) in [5, 5.41) is 13.4. The summed E-state index contributed by atoms with van der Waals surface area (Å²) in [5.74, 6) is 0.473. The van der Waals surface area contributed by atoms with Crippen LogP contribution in [0.1, 0.15) is 30.0 Å². The fourth-order valence-electron chi connectivity index (χ4n) is 3.62. The molecule has 1 saturated heterocycles. The first-order valence-corrected chi connectivity index (χ1v) is 9.93. The van der Waals surface area contributed by atoms with Crippen LogP contribution in [0, 0.1) is 6.92 Å². The zero-order valence-corrected chi connectivity index (χ0v) is 17.2. The molecule has 2 aromatic heterocycles. The second-order valence-corrected chi connectivity index (χ2v) is 7.54. The molecule has 1 fully saturated rings. The zero-order valence-electron chi connectivity index (χ0n) is 17.2. The Kier molecular flexibility index (Phi) is 5.57. The van der Waals surface area contributed by atoms with Crippen LogP contribution in [-0.4, -0.2) is 41.5 Å². The third kappa shape index (κ3) is 4.48. The van der Waals surface area contributed by atoms with Gasteiger partial charge in [0.1, 0.15) is 5.69 Å². The molecule has 1 atom stereocenters. The first kappa shape index (κ1) is 21.1.